The Bertz CT molecular complexity index is 501. The summed E-state index contributed by atoms with van der Waals surface area (Å²) < 4.78 is 0. The van der Waals surface area contributed by atoms with Gasteiger partial charge in [-0.25, -0.2) is 0 Å². The monoisotopic (exact) mass is 288 g/mol. The summed E-state index contributed by atoms with van der Waals surface area (Å²) >= 11 is 0. The molecule has 0 aromatic heterocycles. The van der Waals surface area contributed by atoms with E-state index in [4.69, 9.17) is 5.11 Å². The maximum absolute atomic E-state index is 12.9. The molecule has 0 aliphatic carbocycles. The van der Waals surface area contributed by atoms with Crippen LogP contribution in [-0.2, 0) is 4.79 Å². The van der Waals surface area contributed by atoms with Crippen LogP contribution in [0.1, 0.15) is 37.2 Å². The molecule has 1 saturated heterocycles. The van der Waals surface area contributed by atoms with E-state index in [0.717, 1.165) is 56.6 Å². The summed E-state index contributed by atoms with van der Waals surface area (Å²) in [4.78, 5) is 14.9. The molecule has 2 N–H and O–H groups in total. The number of benzene rings is 1. The molecule has 1 aromatic rings. The summed E-state index contributed by atoms with van der Waals surface area (Å²) in [5, 5.41) is 12.5. The van der Waals surface area contributed by atoms with Crippen LogP contribution in [0.4, 0.5) is 5.69 Å². The summed E-state index contributed by atoms with van der Waals surface area (Å²) in [5.41, 5.74) is 2.24. The normalized spacial score (nSPS) is 25.1. The zero-order valence-electron chi connectivity index (χ0n) is 12.4. The van der Waals surface area contributed by atoms with Crippen LogP contribution >= 0.6 is 0 Å². The lowest BCUT2D eigenvalue weighted by Crippen LogP contribution is -2.43. The van der Waals surface area contributed by atoms with E-state index in [2.05, 4.69) is 17.4 Å². The van der Waals surface area contributed by atoms with Gasteiger partial charge in [-0.2, -0.15) is 0 Å². The number of amides is 1. The van der Waals surface area contributed by atoms with Crippen LogP contribution in [0.15, 0.2) is 24.3 Å². The van der Waals surface area contributed by atoms with Gasteiger partial charge in [0.25, 0.3) is 0 Å². The van der Waals surface area contributed by atoms with E-state index < -0.39 is 0 Å². The van der Waals surface area contributed by atoms with E-state index in [1.165, 1.54) is 0 Å². The Morgan fingerprint density at radius 1 is 1.33 bits per heavy atom. The second-order valence-electron chi connectivity index (χ2n) is 6.16. The fraction of sp³-hybridized carbons (Fsp3) is 0.588. The lowest BCUT2D eigenvalue weighted by molar-refractivity contribution is -0.135. The van der Waals surface area contributed by atoms with Gasteiger partial charge in [0.05, 0.1) is 5.92 Å². The zero-order chi connectivity index (χ0) is 14.7. The van der Waals surface area contributed by atoms with E-state index in [-0.39, 0.29) is 18.4 Å². The Balaban J connectivity index is 1.74. The highest BCUT2D eigenvalue weighted by molar-refractivity contribution is 5.86. The average Bonchev–Trinajstić information content (AvgIpc) is 2.54. The quantitative estimate of drug-likeness (QED) is 0.896. The fourth-order valence-corrected chi connectivity index (χ4v) is 3.63. The van der Waals surface area contributed by atoms with Gasteiger partial charge in [0.1, 0.15) is 0 Å². The van der Waals surface area contributed by atoms with E-state index >= 15 is 0 Å². The second kappa shape index (κ2) is 6.48. The first-order chi connectivity index (χ1) is 10.3. The molecule has 0 spiro atoms. The molecule has 2 aliphatic heterocycles. The van der Waals surface area contributed by atoms with Crippen molar-refractivity contribution in [2.75, 3.05) is 31.6 Å². The number of anilines is 1. The predicted octanol–water partition coefficient (Wildman–Crippen LogP) is 2.21. The average molecular weight is 288 g/mol. The van der Waals surface area contributed by atoms with Crippen LogP contribution in [0.3, 0.4) is 0 Å². The Hall–Kier alpha value is -1.55. The molecular formula is C17H24N2O2. The van der Waals surface area contributed by atoms with Gasteiger partial charge in [0.2, 0.25) is 5.91 Å². The van der Waals surface area contributed by atoms with Gasteiger partial charge in [-0.1, -0.05) is 18.2 Å². The van der Waals surface area contributed by atoms with Gasteiger partial charge >= 0.3 is 0 Å². The molecule has 4 nitrogen and oxygen atoms in total. The first-order valence-electron chi connectivity index (χ1n) is 8.02. The third kappa shape index (κ3) is 3.05. The van der Waals surface area contributed by atoms with Crippen molar-refractivity contribution in [1.82, 2.24) is 4.90 Å². The Kier molecular flexibility index (Phi) is 4.44. The molecule has 21 heavy (non-hydrogen) atoms. The molecule has 0 bridgehead atoms. The Morgan fingerprint density at radius 3 is 3.05 bits per heavy atom. The fourth-order valence-electron chi connectivity index (χ4n) is 3.63. The molecule has 2 atom stereocenters. The van der Waals surface area contributed by atoms with Crippen molar-refractivity contribution >= 4 is 11.6 Å². The first-order valence-corrected chi connectivity index (χ1v) is 8.02. The third-order valence-electron chi connectivity index (χ3n) is 4.75. The van der Waals surface area contributed by atoms with E-state index in [1.807, 2.05) is 17.0 Å². The smallest absolute Gasteiger partial charge is 0.230 e. The summed E-state index contributed by atoms with van der Waals surface area (Å²) in [6.45, 7) is 2.77. The SMILES string of the molecule is O=C(C1CCNc2ccccc21)N1CCCC(CCO)C1. The molecule has 4 heteroatoms. The summed E-state index contributed by atoms with van der Waals surface area (Å²) in [6.07, 6.45) is 3.87. The number of para-hydroxylation sites is 1. The van der Waals surface area contributed by atoms with Crippen LogP contribution in [0.25, 0.3) is 0 Å². The van der Waals surface area contributed by atoms with E-state index in [9.17, 15) is 4.79 Å². The van der Waals surface area contributed by atoms with Crippen molar-refractivity contribution in [2.24, 2.45) is 5.92 Å². The van der Waals surface area contributed by atoms with Crippen LogP contribution in [0.2, 0.25) is 0 Å². The number of fused-ring (bicyclic) bond motifs is 1. The van der Waals surface area contributed by atoms with Gasteiger partial charge in [0.15, 0.2) is 0 Å². The third-order valence-corrected chi connectivity index (χ3v) is 4.75. The maximum Gasteiger partial charge on any atom is 0.230 e. The number of aliphatic hydroxyl groups is 1. The topological polar surface area (TPSA) is 52.6 Å². The number of hydrogen-bond acceptors (Lipinski definition) is 3. The minimum Gasteiger partial charge on any atom is -0.396 e. The molecular weight excluding hydrogens is 264 g/mol. The Labute approximate surface area is 126 Å². The van der Waals surface area contributed by atoms with Crippen LogP contribution in [-0.4, -0.2) is 42.2 Å². The predicted molar refractivity (Wildman–Crippen MR) is 83.3 cm³/mol. The lowest BCUT2D eigenvalue weighted by Gasteiger charge is -2.36. The second-order valence-corrected chi connectivity index (χ2v) is 6.16. The van der Waals surface area contributed by atoms with Gasteiger partial charge in [-0.15, -0.1) is 0 Å². The summed E-state index contributed by atoms with van der Waals surface area (Å²) in [5.74, 6) is 0.728. The molecule has 2 heterocycles. The molecule has 0 radical (unpaired) electrons. The lowest BCUT2D eigenvalue weighted by atomic mass is 9.88. The first kappa shape index (κ1) is 14.4. The largest absolute Gasteiger partial charge is 0.396 e. The van der Waals surface area contributed by atoms with E-state index in [1.54, 1.807) is 0 Å². The molecule has 2 unspecified atom stereocenters. The van der Waals surface area contributed by atoms with E-state index in [0.29, 0.717) is 5.92 Å². The van der Waals surface area contributed by atoms with Crippen molar-refractivity contribution < 1.29 is 9.90 Å². The van der Waals surface area contributed by atoms with Crippen molar-refractivity contribution in [3.8, 4) is 0 Å². The number of carbonyl (C=O) groups excluding carboxylic acids is 1. The number of nitrogens with zero attached hydrogens (tertiary/aromatic N) is 1. The highest BCUT2D eigenvalue weighted by Crippen LogP contribution is 2.33. The minimum absolute atomic E-state index is 0.00433. The standard InChI is InChI=1S/C17H24N2O2/c20-11-8-13-4-3-10-19(12-13)17(21)15-7-9-18-16-6-2-1-5-14(15)16/h1-2,5-6,13,15,18,20H,3-4,7-12H2. The summed E-state index contributed by atoms with van der Waals surface area (Å²) in [7, 11) is 0. The molecule has 2 aliphatic rings. The van der Waals surface area contributed by atoms with Gasteiger partial charge < -0.3 is 15.3 Å². The van der Waals surface area contributed by atoms with Gasteiger partial charge in [-0.05, 0) is 43.2 Å². The minimum atomic E-state index is -0.00433. The van der Waals surface area contributed by atoms with Crippen molar-refractivity contribution in [3.05, 3.63) is 29.8 Å². The number of nitrogens with one attached hydrogen (secondary N) is 1. The molecule has 1 amide bonds. The molecule has 1 fully saturated rings. The Morgan fingerprint density at radius 2 is 2.19 bits per heavy atom. The van der Waals surface area contributed by atoms with Crippen molar-refractivity contribution in [3.63, 3.8) is 0 Å². The maximum atomic E-state index is 12.9. The van der Waals surface area contributed by atoms with Crippen molar-refractivity contribution in [2.45, 2.75) is 31.6 Å². The number of hydrogen-bond donors (Lipinski definition) is 2. The van der Waals surface area contributed by atoms with Crippen LogP contribution in [0.5, 0.6) is 0 Å². The number of likely N-dealkylation sites (tertiary alicyclic amines) is 1. The highest BCUT2D eigenvalue weighted by Gasteiger charge is 2.32. The van der Waals surface area contributed by atoms with Gasteiger partial charge in [-0.3, -0.25) is 4.79 Å². The highest BCUT2D eigenvalue weighted by atomic mass is 16.3. The molecule has 114 valence electrons. The summed E-state index contributed by atoms with van der Waals surface area (Å²) in [6, 6.07) is 8.15. The number of carbonyl (C=O) groups is 1. The van der Waals surface area contributed by atoms with Gasteiger partial charge in [0, 0.05) is 31.9 Å². The zero-order valence-corrected chi connectivity index (χ0v) is 12.4. The number of piperidine rings is 1. The molecule has 3 rings (SSSR count). The number of aliphatic hydroxyl groups excluding tert-OH is 1. The molecule has 0 saturated carbocycles. The van der Waals surface area contributed by atoms with Crippen LogP contribution in [0, 0.1) is 5.92 Å². The number of rotatable bonds is 3. The van der Waals surface area contributed by atoms with Crippen LogP contribution < -0.4 is 5.32 Å². The molecule has 1 aromatic carbocycles. The van der Waals surface area contributed by atoms with Crippen molar-refractivity contribution in [1.29, 1.82) is 0 Å².